The van der Waals surface area contributed by atoms with E-state index in [4.69, 9.17) is 10.5 Å². The summed E-state index contributed by atoms with van der Waals surface area (Å²) in [4.78, 5) is 0. The number of aryl methyl sites for hydroxylation is 1. The first-order valence-electron chi connectivity index (χ1n) is 6.73. The maximum atomic E-state index is 5.92. The first-order valence-corrected chi connectivity index (χ1v) is 6.73. The van der Waals surface area contributed by atoms with Crippen molar-refractivity contribution in [3.8, 4) is 0 Å². The standard InChI is InChI=1S/C15H24N2O/c1-12-3-4-13(9-14(12)16)10-17-11-15(2)5-7-18-8-6-15/h3-4,9,17H,5-8,10-11,16H2,1-2H3. The van der Waals surface area contributed by atoms with Crippen molar-refractivity contribution in [3.63, 3.8) is 0 Å². The van der Waals surface area contributed by atoms with E-state index in [1.54, 1.807) is 0 Å². The summed E-state index contributed by atoms with van der Waals surface area (Å²) in [6.45, 7) is 8.11. The molecule has 0 spiro atoms. The third kappa shape index (κ3) is 3.47. The normalized spacial score (nSPS) is 18.8. The zero-order valence-electron chi connectivity index (χ0n) is 11.5. The summed E-state index contributed by atoms with van der Waals surface area (Å²) >= 11 is 0. The van der Waals surface area contributed by atoms with Gasteiger partial charge in [0.2, 0.25) is 0 Å². The number of benzene rings is 1. The Morgan fingerprint density at radius 3 is 2.72 bits per heavy atom. The van der Waals surface area contributed by atoms with Gasteiger partial charge in [0.05, 0.1) is 0 Å². The zero-order valence-corrected chi connectivity index (χ0v) is 11.5. The molecule has 0 aliphatic carbocycles. The Morgan fingerprint density at radius 1 is 1.33 bits per heavy atom. The second kappa shape index (κ2) is 5.72. The Bertz CT molecular complexity index is 397. The molecule has 0 atom stereocenters. The highest BCUT2D eigenvalue weighted by molar-refractivity contribution is 5.48. The van der Waals surface area contributed by atoms with Crippen molar-refractivity contribution in [3.05, 3.63) is 29.3 Å². The summed E-state index contributed by atoms with van der Waals surface area (Å²) in [5.41, 5.74) is 9.59. The molecule has 1 aromatic rings. The summed E-state index contributed by atoms with van der Waals surface area (Å²) in [5, 5.41) is 3.55. The van der Waals surface area contributed by atoms with Gasteiger partial charge in [-0.1, -0.05) is 19.1 Å². The van der Waals surface area contributed by atoms with E-state index in [9.17, 15) is 0 Å². The third-order valence-corrected chi connectivity index (χ3v) is 3.92. The van der Waals surface area contributed by atoms with E-state index in [-0.39, 0.29) is 0 Å². The van der Waals surface area contributed by atoms with Crippen molar-refractivity contribution in [2.75, 3.05) is 25.5 Å². The first kappa shape index (κ1) is 13.4. The Labute approximate surface area is 110 Å². The predicted molar refractivity (Wildman–Crippen MR) is 75.5 cm³/mol. The highest BCUT2D eigenvalue weighted by atomic mass is 16.5. The van der Waals surface area contributed by atoms with Gasteiger partial charge in [-0.25, -0.2) is 0 Å². The SMILES string of the molecule is Cc1ccc(CNCC2(C)CCOCC2)cc1N. The van der Waals surface area contributed by atoms with E-state index in [1.165, 1.54) is 5.56 Å². The van der Waals surface area contributed by atoms with Gasteiger partial charge in [-0.15, -0.1) is 0 Å². The molecule has 2 rings (SSSR count). The second-order valence-corrected chi connectivity index (χ2v) is 5.72. The molecule has 0 aromatic heterocycles. The Balaban J connectivity index is 1.82. The van der Waals surface area contributed by atoms with Crippen LogP contribution in [0.3, 0.4) is 0 Å². The number of hydrogen-bond donors (Lipinski definition) is 2. The fourth-order valence-corrected chi connectivity index (χ4v) is 2.35. The van der Waals surface area contributed by atoms with Crippen LogP contribution in [-0.2, 0) is 11.3 Å². The molecule has 0 amide bonds. The van der Waals surface area contributed by atoms with Crippen molar-refractivity contribution in [2.24, 2.45) is 5.41 Å². The van der Waals surface area contributed by atoms with Crippen LogP contribution in [0.1, 0.15) is 30.9 Å². The van der Waals surface area contributed by atoms with Crippen molar-refractivity contribution in [1.82, 2.24) is 5.32 Å². The van der Waals surface area contributed by atoms with Gasteiger partial charge in [0.15, 0.2) is 0 Å². The molecule has 18 heavy (non-hydrogen) atoms. The number of nitrogen functional groups attached to an aromatic ring is 1. The van der Waals surface area contributed by atoms with Gasteiger partial charge < -0.3 is 15.8 Å². The number of anilines is 1. The average molecular weight is 248 g/mol. The first-order chi connectivity index (χ1) is 8.59. The molecule has 1 aliphatic heterocycles. The summed E-state index contributed by atoms with van der Waals surface area (Å²) in [6, 6.07) is 6.29. The molecule has 1 fully saturated rings. The van der Waals surface area contributed by atoms with E-state index in [0.717, 1.165) is 50.4 Å². The van der Waals surface area contributed by atoms with Crippen LogP contribution >= 0.6 is 0 Å². The zero-order chi connectivity index (χ0) is 13.0. The van der Waals surface area contributed by atoms with Crippen LogP contribution in [-0.4, -0.2) is 19.8 Å². The second-order valence-electron chi connectivity index (χ2n) is 5.72. The smallest absolute Gasteiger partial charge is 0.0471 e. The van der Waals surface area contributed by atoms with E-state index in [0.29, 0.717) is 5.41 Å². The predicted octanol–water partition coefficient (Wildman–Crippen LogP) is 2.48. The van der Waals surface area contributed by atoms with Crippen LogP contribution in [0.15, 0.2) is 18.2 Å². The van der Waals surface area contributed by atoms with Crippen molar-refractivity contribution < 1.29 is 4.74 Å². The summed E-state index contributed by atoms with van der Waals surface area (Å²) in [6.07, 6.45) is 2.30. The van der Waals surface area contributed by atoms with Crippen LogP contribution in [0.4, 0.5) is 5.69 Å². The molecule has 1 aromatic carbocycles. The minimum atomic E-state index is 0.383. The number of hydrogen-bond acceptors (Lipinski definition) is 3. The van der Waals surface area contributed by atoms with Crippen LogP contribution in [0.25, 0.3) is 0 Å². The van der Waals surface area contributed by atoms with Gasteiger partial charge in [-0.05, 0) is 42.4 Å². The van der Waals surface area contributed by atoms with E-state index in [1.807, 2.05) is 6.92 Å². The number of ether oxygens (including phenoxy) is 1. The molecule has 3 heteroatoms. The monoisotopic (exact) mass is 248 g/mol. The fourth-order valence-electron chi connectivity index (χ4n) is 2.35. The number of nitrogens with one attached hydrogen (secondary N) is 1. The van der Waals surface area contributed by atoms with Crippen LogP contribution < -0.4 is 11.1 Å². The average Bonchev–Trinajstić information content (AvgIpc) is 2.34. The fraction of sp³-hybridized carbons (Fsp3) is 0.600. The summed E-state index contributed by atoms with van der Waals surface area (Å²) in [5.74, 6) is 0. The minimum Gasteiger partial charge on any atom is -0.399 e. The lowest BCUT2D eigenvalue weighted by Gasteiger charge is -2.33. The van der Waals surface area contributed by atoms with Crippen molar-refractivity contribution >= 4 is 5.69 Å². The van der Waals surface area contributed by atoms with Gasteiger partial charge in [-0.2, -0.15) is 0 Å². The number of rotatable bonds is 4. The molecule has 3 N–H and O–H groups in total. The molecular formula is C15H24N2O. The maximum absolute atomic E-state index is 5.92. The molecule has 0 unspecified atom stereocenters. The lowest BCUT2D eigenvalue weighted by Crippen LogP contribution is -2.36. The van der Waals surface area contributed by atoms with Gasteiger partial charge in [0.1, 0.15) is 0 Å². The molecule has 0 radical (unpaired) electrons. The third-order valence-electron chi connectivity index (χ3n) is 3.92. The molecule has 3 nitrogen and oxygen atoms in total. The van der Waals surface area contributed by atoms with Crippen LogP contribution in [0.5, 0.6) is 0 Å². The van der Waals surface area contributed by atoms with Crippen molar-refractivity contribution in [1.29, 1.82) is 0 Å². The van der Waals surface area contributed by atoms with Gasteiger partial charge in [0, 0.05) is 32.0 Å². The molecule has 0 saturated carbocycles. The minimum absolute atomic E-state index is 0.383. The topological polar surface area (TPSA) is 47.3 Å². The summed E-state index contributed by atoms with van der Waals surface area (Å²) in [7, 11) is 0. The van der Waals surface area contributed by atoms with E-state index in [2.05, 4.69) is 30.4 Å². The molecule has 100 valence electrons. The number of nitrogens with two attached hydrogens (primary N) is 1. The highest BCUT2D eigenvalue weighted by Gasteiger charge is 2.26. The lowest BCUT2D eigenvalue weighted by atomic mass is 9.82. The Morgan fingerprint density at radius 2 is 2.06 bits per heavy atom. The quantitative estimate of drug-likeness (QED) is 0.805. The summed E-state index contributed by atoms with van der Waals surface area (Å²) < 4.78 is 5.41. The van der Waals surface area contributed by atoms with E-state index < -0.39 is 0 Å². The van der Waals surface area contributed by atoms with E-state index >= 15 is 0 Å². The largest absolute Gasteiger partial charge is 0.399 e. The van der Waals surface area contributed by atoms with Crippen LogP contribution in [0, 0.1) is 12.3 Å². The lowest BCUT2D eigenvalue weighted by molar-refractivity contribution is 0.0240. The molecule has 0 bridgehead atoms. The molecular weight excluding hydrogens is 224 g/mol. The molecule has 1 saturated heterocycles. The Kier molecular flexibility index (Phi) is 4.25. The van der Waals surface area contributed by atoms with Crippen molar-refractivity contribution in [2.45, 2.75) is 33.2 Å². The van der Waals surface area contributed by atoms with Gasteiger partial charge in [-0.3, -0.25) is 0 Å². The van der Waals surface area contributed by atoms with Gasteiger partial charge >= 0.3 is 0 Å². The molecule has 1 aliphatic rings. The molecule has 1 heterocycles. The Hall–Kier alpha value is -1.06. The van der Waals surface area contributed by atoms with Gasteiger partial charge in [0.25, 0.3) is 0 Å². The van der Waals surface area contributed by atoms with Crippen LogP contribution in [0.2, 0.25) is 0 Å². The maximum Gasteiger partial charge on any atom is 0.0471 e. The highest BCUT2D eigenvalue weighted by Crippen LogP contribution is 2.28.